The molecule has 0 aliphatic carbocycles. The molecule has 3 nitrogen and oxygen atoms in total. The minimum absolute atomic E-state index is 0.365. The average Bonchev–Trinajstić information content (AvgIpc) is 2.38. The predicted molar refractivity (Wildman–Crippen MR) is 82.2 cm³/mol. The summed E-state index contributed by atoms with van der Waals surface area (Å²) < 4.78 is 5.65. The Morgan fingerprint density at radius 1 is 1.28 bits per heavy atom. The van der Waals surface area contributed by atoms with Crippen molar-refractivity contribution in [1.82, 2.24) is 0 Å². The van der Waals surface area contributed by atoms with Crippen molar-refractivity contribution in [1.29, 1.82) is 0 Å². The van der Waals surface area contributed by atoms with Crippen molar-refractivity contribution in [3.63, 3.8) is 0 Å². The van der Waals surface area contributed by atoms with E-state index >= 15 is 0 Å². The van der Waals surface area contributed by atoms with E-state index < -0.39 is 0 Å². The van der Waals surface area contributed by atoms with Crippen LogP contribution in [0.3, 0.4) is 0 Å². The molecule has 0 aromatic heterocycles. The van der Waals surface area contributed by atoms with E-state index in [0.717, 1.165) is 43.9 Å². The maximum atomic E-state index is 5.65. The Hall–Kier alpha value is -0.830. The van der Waals surface area contributed by atoms with E-state index in [1.165, 1.54) is 0 Å². The highest BCUT2D eigenvalue weighted by Crippen LogP contribution is 2.15. The van der Waals surface area contributed by atoms with E-state index in [-0.39, 0.29) is 0 Å². The molecular weight excluding hydrogens is 224 g/mol. The summed E-state index contributed by atoms with van der Waals surface area (Å²) in [4.78, 5) is 4.42. The van der Waals surface area contributed by atoms with Crippen LogP contribution < -0.4 is 5.73 Å². The first-order chi connectivity index (χ1) is 8.72. The second-order valence-corrected chi connectivity index (χ2v) is 3.78. The van der Waals surface area contributed by atoms with Crippen molar-refractivity contribution in [3.05, 3.63) is 11.8 Å². The lowest BCUT2D eigenvalue weighted by Crippen LogP contribution is -2.12. The van der Waals surface area contributed by atoms with Gasteiger partial charge < -0.3 is 10.5 Å². The fourth-order valence-corrected chi connectivity index (χ4v) is 1.56. The van der Waals surface area contributed by atoms with Crippen molar-refractivity contribution in [2.75, 3.05) is 13.2 Å². The third-order valence-corrected chi connectivity index (χ3v) is 2.18. The summed E-state index contributed by atoms with van der Waals surface area (Å²) in [5.41, 5.74) is 6.47. The highest BCUT2D eigenvalue weighted by molar-refractivity contribution is 5.93. The Bertz CT molecular complexity index is 235. The first-order valence-electron chi connectivity index (χ1n) is 7.30. The van der Waals surface area contributed by atoms with Gasteiger partial charge in [-0.3, -0.25) is 4.99 Å². The molecule has 1 heterocycles. The highest BCUT2D eigenvalue weighted by atomic mass is 16.5. The van der Waals surface area contributed by atoms with Gasteiger partial charge in [0.15, 0.2) is 0 Å². The van der Waals surface area contributed by atoms with Gasteiger partial charge in [-0.05, 0) is 39.3 Å². The summed E-state index contributed by atoms with van der Waals surface area (Å²) >= 11 is 0. The molecule has 0 radical (unpaired) electrons. The van der Waals surface area contributed by atoms with Gasteiger partial charge in [0.1, 0.15) is 0 Å². The number of allylic oxidation sites excluding steroid dienone is 1. The van der Waals surface area contributed by atoms with Gasteiger partial charge in [-0.2, -0.15) is 0 Å². The molecule has 0 aromatic rings. The minimum atomic E-state index is 0.365. The molecule has 1 unspecified atom stereocenters. The third kappa shape index (κ3) is 10.3. The number of unbranched alkanes of at least 4 members (excludes halogenated alkanes) is 1. The smallest absolute Gasteiger partial charge is 0.0998 e. The fourth-order valence-electron chi connectivity index (χ4n) is 1.56. The molecule has 0 aromatic carbocycles. The SMILES string of the molecule is CC.CC.CC1=NC(C)CC(OCCCCN)=C1. The molecule has 1 atom stereocenters. The number of nitrogens with zero attached hydrogens (tertiary/aromatic N) is 1. The maximum absolute atomic E-state index is 5.65. The third-order valence-electron chi connectivity index (χ3n) is 2.18. The first-order valence-corrected chi connectivity index (χ1v) is 7.30. The molecule has 3 heteroatoms. The molecule has 0 spiro atoms. The number of dihydropyridines is 1. The van der Waals surface area contributed by atoms with Gasteiger partial charge in [0.2, 0.25) is 0 Å². The summed E-state index contributed by atoms with van der Waals surface area (Å²) in [5, 5.41) is 0. The lowest BCUT2D eigenvalue weighted by atomic mass is 10.1. The van der Waals surface area contributed by atoms with Gasteiger partial charge >= 0.3 is 0 Å². The normalized spacial score (nSPS) is 17.4. The molecule has 1 rings (SSSR count). The number of hydrogen-bond donors (Lipinski definition) is 1. The maximum Gasteiger partial charge on any atom is 0.0998 e. The largest absolute Gasteiger partial charge is 0.498 e. The standard InChI is InChI=1S/C11H20N2O.2C2H6/c1-9-7-11(8-10(2)13-9)14-6-4-3-5-12;2*1-2/h7,10H,3-6,8,12H2,1-2H3;2*1-2H3. The van der Waals surface area contributed by atoms with E-state index in [0.29, 0.717) is 6.04 Å². The average molecular weight is 256 g/mol. The highest BCUT2D eigenvalue weighted by Gasteiger charge is 2.11. The van der Waals surface area contributed by atoms with Gasteiger partial charge in [-0.1, -0.05) is 27.7 Å². The topological polar surface area (TPSA) is 47.6 Å². The van der Waals surface area contributed by atoms with Gasteiger partial charge in [-0.25, -0.2) is 0 Å². The molecule has 1 aliphatic rings. The van der Waals surface area contributed by atoms with E-state index in [2.05, 4.69) is 11.9 Å². The Balaban J connectivity index is 0. The predicted octanol–water partition coefficient (Wildman–Crippen LogP) is 3.93. The van der Waals surface area contributed by atoms with Gasteiger partial charge in [0, 0.05) is 12.1 Å². The number of hydrogen-bond acceptors (Lipinski definition) is 3. The lowest BCUT2D eigenvalue weighted by Gasteiger charge is -2.17. The molecule has 18 heavy (non-hydrogen) atoms. The molecule has 0 saturated carbocycles. The monoisotopic (exact) mass is 256 g/mol. The number of aliphatic imine (C=N–C) groups is 1. The van der Waals surface area contributed by atoms with E-state index in [4.69, 9.17) is 10.5 Å². The van der Waals surface area contributed by atoms with Crippen molar-refractivity contribution in [2.45, 2.75) is 66.8 Å². The van der Waals surface area contributed by atoms with Crippen LogP contribution in [0.25, 0.3) is 0 Å². The number of rotatable bonds is 5. The van der Waals surface area contributed by atoms with Crippen LogP contribution >= 0.6 is 0 Å². The van der Waals surface area contributed by atoms with Crippen LogP contribution in [0.15, 0.2) is 16.8 Å². The fraction of sp³-hybridized carbons (Fsp3) is 0.800. The minimum Gasteiger partial charge on any atom is -0.498 e. The van der Waals surface area contributed by atoms with Crippen LogP contribution in [0.5, 0.6) is 0 Å². The van der Waals surface area contributed by atoms with Crippen molar-refractivity contribution >= 4 is 5.71 Å². The molecule has 0 bridgehead atoms. The van der Waals surface area contributed by atoms with Gasteiger partial charge in [0.25, 0.3) is 0 Å². The molecule has 0 fully saturated rings. The molecular formula is C15H32N2O. The molecule has 1 aliphatic heterocycles. The van der Waals surface area contributed by atoms with E-state index in [1.807, 2.05) is 40.7 Å². The van der Waals surface area contributed by atoms with Crippen LogP contribution in [0.1, 0.15) is 60.8 Å². The molecule has 0 saturated heterocycles. The van der Waals surface area contributed by atoms with Crippen LogP contribution in [0, 0.1) is 0 Å². The Morgan fingerprint density at radius 2 is 1.89 bits per heavy atom. The summed E-state index contributed by atoms with van der Waals surface area (Å²) in [7, 11) is 0. The van der Waals surface area contributed by atoms with Crippen LogP contribution in [-0.4, -0.2) is 24.9 Å². The van der Waals surface area contributed by atoms with Crippen molar-refractivity contribution in [3.8, 4) is 0 Å². The second-order valence-electron chi connectivity index (χ2n) is 3.78. The summed E-state index contributed by atoms with van der Waals surface area (Å²) in [6, 6.07) is 0.365. The molecule has 0 amide bonds. The van der Waals surface area contributed by atoms with Crippen LogP contribution in [0.2, 0.25) is 0 Å². The summed E-state index contributed by atoms with van der Waals surface area (Å²) in [5.74, 6) is 1.07. The van der Waals surface area contributed by atoms with Crippen molar-refractivity contribution < 1.29 is 4.74 Å². The second kappa shape index (κ2) is 14.2. The summed E-state index contributed by atoms with van der Waals surface area (Å²) in [6.07, 6.45) is 5.04. The Kier molecular flexibility index (Phi) is 15.4. The Morgan fingerprint density at radius 3 is 2.39 bits per heavy atom. The zero-order valence-corrected chi connectivity index (χ0v) is 13.1. The quantitative estimate of drug-likeness (QED) is 0.758. The van der Waals surface area contributed by atoms with Crippen molar-refractivity contribution in [2.24, 2.45) is 10.7 Å². The zero-order valence-electron chi connectivity index (χ0n) is 13.1. The van der Waals surface area contributed by atoms with Crippen LogP contribution in [0.4, 0.5) is 0 Å². The number of ether oxygens (including phenoxy) is 1. The van der Waals surface area contributed by atoms with Gasteiger partial charge in [-0.15, -0.1) is 0 Å². The van der Waals surface area contributed by atoms with E-state index in [9.17, 15) is 0 Å². The lowest BCUT2D eigenvalue weighted by molar-refractivity contribution is 0.193. The Labute approximate surface area is 114 Å². The molecule has 2 N–H and O–H groups in total. The van der Waals surface area contributed by atoms with Gasteiger partial charge in [0.05, 0.1) is 18.4 Å². The summed E-state index contributed by atoms with van der Waals surface area (Å²) in [6.45, 7) is 13.7. The first kappa shape index (κ1) is 19.5. The van der Waals surface area contributed by atoms with E-state index in [1.54, 1.807) is 0 Å². The molecule has 108 valence electrons. The number of nitrogens with two attached hydrogens (primary N) is 1. The van der Waals surface area contributed by atoms with Crippen LogP contribution in [-0.2, 0) is 4.74 Å². The zero-order chi connectivity index (χ0) is 14.4.